The lowest BCUT2D eigenvalue weighted by Gasteiger charge is -2.44. The number of benzene rings is 2. The molecule has 3 rings (SSSR count). The van der Waals surface area contributed by atoms with E-state index in [1.165, 1.54) is 57.8 Å². The molecule has 2 aromatic carbocycles. The summed E-state index contributed by atoms with van der Waals surface area (Å²) in [6.45, 7) is 13.3. The Hall–Kier alpha value is -2.75. The van der Waals surface area contributed by atoms with Gasteiger partial charge in [0.15, 0.2) is 6.29 Å². The van der Waals surface area contributed by atoms with Crippen molar-refractivity contribution in [3.63, 3.8) is 0 Å². The van der Waals surface area contributed by atoms with E-state index in [-0.39, 0.29) is 30.7 Å². The van der Waals surface area contributed by atoms with Crippen LogP contribution < -0.4 is 5.32 Å². The highest BCUT2D eigenvalue weighted by molar-refractivity contribution is 5.68. The number of unbranched alkanes of at least 4 members (excludes halogenated alkanes) is 10. The largest absolute Gasteiger partial charge is 0.444 e. The first-order valence-corrected chi connectivity index (χ1v) is 20.0. The van der Waals surface area contributed by atoms with E-state index in [9.17, 15) is 9.90 Å². The Morgan fingerprint density at radius 3 is 2.00 bits per heavy atom. The van der Waals surface area contributed by atoms with E-state index in [2.05, 4.69) is 26.1 Å². The molecule has 2 N–H and O–H groups in total. The van der Waals surface area contributed by atoms with Crippen molar-refractivity contribution in [3.8, 4) is 0 Å². The number of carbonyl (C=O) groups excluding carboxylic acids is 1. The number of ether oxygens (including phenoxy) is 5. The van der Waals surface area contributed by atoms with Crippen LogP contribution in [0.3, 0.4) is 0 Å². The molecule has 0 radical (unpaired) electrons. The van der Waals surface area contributed by atoms with E-state index in [0.717, 1.165) is 24.0 Å². The minimum Gasteiger partial charge on any atom is -0.444 e. The van der Waals surface area contributed by atoms with Crippen molar-refractivity contribution in [2.24, 2.45) is 11.8 Å². The van der Waals surface area contributed by atoms with Crippen molar-refractivity contribution >= 4 is 6.09 Å². The number of hydrogen-bond donors (Lipinski definition) is 2. The predicted molar refractivity (Wildman–Crippen MR) is 209 cm³/mol. The average Bonchev–Trinajstić information content (AvgIpc) is 3.12. The highest BCUT2D eigenvalue weighted by Gasteiger charge is 2.43. The molecule has 1 heterocycles. The minimum atomic E-state index is -0.982. The molecular weight excluding hydrogens is 654 g/mol. The number of aliphatic hydroxyl groups is 1. The summed E-state index contributed by atoms with van der Waals surface area (Å²) in [5.74, 6) is 0.210. The maximum absolute atomic E-state index is 12.9. The first-order chi connectivity index (χ1) is 25.1. The van der Waals surface area contributed by atoms with Gasteiger partial charge in [-0.1, -0.05) is 151 Å². The molecule has 52 heavy (non-hydrogen) atoms. The van der Waals surface area contributed by atoms with Crippen molar-refractivity contribution in [1.29, 1.82) is 0 Å². The molecule has 0 aliphatic carbocycles. The van der Waals surface area contributed by atoms with Gasteiger partial charge >= 0.3 is 6.09 Å². The van der Waals surface area contributed by atoms with E-state index in [4.69, 9.17) is 23.7 Å². The van der Waals surface area contributed by atoms with Crippen LogP contribution in [0.4, 0.5) is 4.79 Å². The van der Waals surface area contributed by atoms with E-state index in [1.807, 2.05) is 87.5 Å². The molecular formula is C44H69NO7. The van der Waals surface area contributed by atoms with Crippen LogP contribution in [0.2, 0.25) is 0 Å². The topological polar surface area (TPSA) is 95.5 Å². The lowest BCUT2D eigenvalue weighted by atomic mass is 9.83. The van der Waals surface area contributed by atoms with Gasteiger partial charge in [-0.2, -0.15) is 0 Å². The molecule has 8 heteroatoms. The van der Waals surface area contributed by atoms with Gasteiger partial charge in [-0.3, -0.25) is 0 Å². The number of rotatable bonds is 24. The van der Waals surface area contributed by atoms with E-state index in [0.29, 0.717) is 19.8 Å². The number of amides is 1. The van der Waals surface area contributed by atoms with Crippen LogP contribution in [0.5, 0.6) is 0 Å². The summed E-state index contributed by atoms with van der Waals surface area (Å²) in [4.78, 5) is 12.9. The van der Waals surface area contributed by atoms with Crippen LogP contribution in [0, 0.1) is 11.8 Å². The van der Waals surface area contributed by atoms with Gasteiger partial charge < -0.3 is 34.1 Å². The molecule has 1 amide bonds. The Labute approximate surface area is 315 Å². The first kappa shape index (κ1) is 43.7. The summed E-state index contributed by atoms with van der Waals surface area (Å²) >= 11 is 0. The first-order valence-electron chi connectivity index (χ1n) is 20.0. The second kappa shape index (κ2) is 24.5. The summed E-state index contributed by atoms with van der Waals surface area (Å²) in [5, 5.41) is 14.2. The molecule has 0 aromatic heterocycles. The fourth-order valence-corrected chi connectivity index (χ4v) is 6.45. The summed E-state index contributed by atoms with van der Waals surface area (Å²) in [5.41, 5.74) is 1.47. The second-order valence-corrected chi connectivity index (χ2v) is 15.5. The maximum Gasteiger partial charge on any atom is 0.408 e. The second-order valence-electron chi connectivity index (χ2n) is 15.5. The van der Waals surface area contributed by atoms with Gasteiger partial charge in [-0.05, 0) is 56.6 Å². The van der Waals surface area contributed by atoms with Gasteiger partial charge in [-0.15, -0.1) is 0 Å². The van der Waals surface area contributed by atoms with Crippen LogP contribution in [-0.4, -0.2) is 60.7 Å². The Morgan fingerprint density at radius 2 is 1.40 bits per heavy atom. The highest BCUT2D eigenvalue weighted by atomic mass is 16.7. The van der Waals surface area contributed by atoms with E-state index < -0.39 is 30.1 Å². The van der Waals surface area contributed by atoms with Crippen molar-refractivity contribution in [2.45, 2.75) is 162 Å². The summed E-state index contributed by atoms with van der Waals surface area (Å²) in [7, 11) is 0. The zero-order valence-electron chi connectivity index (χ0n) is 33.0. The van der Waals surface area contributed by atoms with Gasteiger partial charge in [0.2, 0.25) is 0 Å². The molecule has 1 aliphatic rings. The molecule has 2 unspecified atom stereocenters. The Balaban J connectivity index is 1.62. The average molecular weight is 724 g/mol. The minimum absolute atomic E-state index is 0.00242. The molecule has 8 nitrogen and oxygen atoms in total. The number of allylic oxidation sites excluding steroid dienone is 1. The van der Waals surface area contributed by atoms with Gasteiger partial charge in [0.05, 0.1) is 44.7 Å². The normalized spacial score (nSPS) is 21.9. The SMILES string of the molecule is CCCCCCCCCCCC/C=C/[C@@H](O)[C@H](CO[C@@H]1OC(COCc2ccccc2)[C@H](C)[C@H](C)C1OCc1ccccc1)NC(=O)OC(C)(C)C. The number of nitrogens with one attached hydrogen (secondary N) is 1. The molecule has 7 atom stereocenters. The molecule has 1 saturated heterocycles. The highest BCUT2D eigenvalue weighted by Crippen LogP contribution is 2.34. The zero-order valence-corrected chi connectivity index (χ0v) is 33.0. The van der Waals surface area contributed by atoms with E-state index >= 15 is 0 Å². The van der Waals surface area contributed by atoms with Crippen molar-refractivity contribution in [2.75, 3.05) is 13.2 Å². The van der Waals surface area contributed by atoms with Crippen molar-refractivity contribution in [3.05, 3.63) is 83.9 Å². The monoisotopic (exact) mass is 724 g/mol. The predicted octanol–water partition coefficient (Wildman–Crippen LogP) is 9.92. The summed E-state index contributed by atoms with van der Waals surface area (Å²) in [6.07, 6.45) is 14.5. The molecule has 0 bridgehead atoms. The Bertz CT molecular complexity index is 1230. The molecule has 292 valence electrons. The molecule has 0 spiro atoms. The third-order valence-electron chi connectivity index (χ3n) is 9.80. The van der Waals surface area contributed by atoms with Gasteiger partial charge in [0, 0.05) is 0 Å². The molecule has 1 aliphatic heterocycles. The van der Waals surface area contributed by atoms with Gasteiger partial charge in [0.25, 0.3) is 0 Å². The van der Waals surface area contributed by atoms with Crippen molar-refractivity contribution < 1.29 is 33.6 Å². The van der Waals surface area contributed by atoms with Crippen LogP contribution in [0.1, 0.15) is 123 Å². The Kier molecular flexibility index (Phi) is 20.6. The third-order valence-corrected chi connectivity index (χ3v) is 9.80. The van der Waals surface area contributed by atoms with Gasteiger partial charge in [0.1, 0.15) is 11.7 Å². The van der Waals surface area contributed by atoms with E-state index in [1.54, 1.807) is 6.08 Å². The standard InChI is InChI=1S/C44H69NO7/c1-7-8-9-10-11-12-13-14-15-16-17-24-29-39(46)38(45-43(47)52-44(4,5)6)32-50-42-41(49-31-37-27-22-19-23-28-37)35(3)34(2)40(51-42)33-48-30-36-25-20-18-21-26-36/h18-29,34-35,38-42,46H,7-17,30-33H2,1-6H3,(H,45,47)/b29-24+/t34-,35+,38+,39-,40?,41?,42-/m1/s1. The van der Waals surface area contributed by atoms with Crippen LogP contribution in [0.15, 0.2) is 72.8 Å². The summed E-state index contributed by atoms with van der Waals surface area (Å²) < 4.78 is 31.2. The number of aliphatic hydroxyl groups excluding tert-OH is 1. The Morgan fingerprint density at radius 1 is 0.827 bits per heavy atom. The summed E-state index contributed by atoms with van der Waals surface area (Å²) in [6, 6.07) is 19.4. The van der Waals surface area contributed by atoms with Gasteiger partial charge in [-0.25, -0.2) is 4.79 Å². The maximum atomic E-state index is 12.9. The van der Waals surface area contributed by atoms with Crippen LogP contribution in [0.25, 0.3) is 0 Å². The van der Waals surface area contributed by atoms with Crippen molar-refractivity contribution in [1.82, 2.24) is 5.32 Å². The molecule has 2 aromatic rings. The van der Waals surface area contributed by atoms with Crippen LogP contribution >= 0.6 is 0 Å². The quantitative estimate of drug-likeness (QED) is 0.0823. The number of alkyl carbamates (subject to hydrolysis) is 1. The van der Waals surface area contributed by atoms with Crippen LogP contribution in [-0.2, 0) is 36.9 Å². The number of hydrogen-bond acceptors (Lipinski definition) is 7. The fourth-order valence-electron chi connectivity index (χ4n) is 6.45. The number of carbonyl (C=O) groups is 1. The molecule has 1 fully saturated rings. The lowest BCUT2D eigenvalue weighted by Crippen LogP contribution is -2.54. The lowest BCUT2D eigenvalue weighted by molar-refractivity contribution is -0.291. The smallest absolute Gasteiger partial charge is 0.408 e. The third kappa shape index (κ3) is 17.4. The fraction of sp³-hybridized carbons (Fsp3) is 0.659. The zero-order chi connectivity index (χ0) is 37.6. The molecule has 0 saturated carbocycles.